The van der Waals surface area contributed by atoms with Gasteiger partial charge in [-0.3, -0.25) is 19.7 Å². The smallest absolute Gasteiger partial charge is 0.296 e. The number of nitro groups is 1. The average Bonchev–Trinajstić information content (AvgIpc) is 3.25. The summed E-state index contributed by atoms with van der Waals surface area (Å²) < 4.78 is 7.22. The second-order valence-corrected chi connectivity index (χ2v) is 10.2. The van der Waals surface area contributed by atoms with Crippen molar-refractivity contribution in [2.75, 3.05) is 23.5 Å². The van der Waals surface area contributed by atoms with Crippen LogP contribution in [0.4, 0.5) is 17.1 Å². The van der Waals surface area contributed by atoms with Crippen molar-refractivity contribution in [3.63, 3.8) is 0 Å². The van der Waals surface area contributed by atoms with Gasteiger partial charge in [0.05, 0.1) is 39.6 Å². The summed E-state index contributed by atoms with van der Waals surface area (Å²) in [5.41, 5.74) is 1.73. The fourth-order valence-corrected chi connectivity index (χ4v) is 5.47. The molecule has 12 heteroatoms. The topological polar surface area (TPSA) is 123 Å². The molecular formula is C23H17BrN4O5S2. The molecule has 0 aliphatic carbocycles. The minimum Gasteiger partial charge on any atom is -0.496 e. The Morgan fingerprint density at radius 2 is 1.94 bits per heavy atom. The zero-order valence-corrected chi connectivity index (χ0v) is 21.3. The maximum Gasteiger partial charge on any atom is 0.296 e. The molecule has 3 aromatic carbocycles. The highest BCUT2D eigenvalue weighted by molar-refractivity contribution is 9.10. The zero-order chi connectivity index (χ0) is 24.9. The summed E-state index contributed by atoms with van der Waals surface area (Å²) >= 11 is 5.98. The van der Waals surface area contributed by atoms with Crippen LogP contribution in [-0.2, 0) is 4.79 Å². The third-order valence-electron chi connectivity index (χ3n) is 4.75. The Morgan fingerprint density at radius 3 is 2.69 bits per heavy atom. The normalized spacial score (nSPS) is 10.7. The molecule has 2 amide bonds. The first kappa shape index (κ1) is 24.6. The Kier molecular flexibility index (Phi) is 7.63. The number of nitro benzene ring substituents is 1. The van der Waals surface area contributed by atoms with Crippen molar-refractivity contribution in [1.29, 1.82) is 0 Å². The number of anilines is 2. The van der Waals surface area contributed by atoms with Gasteiger partial charge in [0.15, 0.2) is 4.34 Å². The molecule has 0 saturated carbocycles. The predicted octanol–water partition coefficient (Wildman–Crippen LogP) is 5.96. The summed E-state index contributed by atoms with van der Waals surface area (Å²) in [6, 6.07) is 16.8. The highest BCUT2D eigenvalue weighted by Gasteiger charge is 2.18. The van der Waals surface area contributed by atoms with Crippen LogP contribution in [0.25, 0.3) is 10.2 Å². The van der Waals surface area contributed by atoms with Crippen LogP contribution in [-0.4, -0.2) is 34.6 Å². The first-order valence-electron chi connectivity index (χ1n) is 10.1. The molecule has 35 heavy (non-hydrogen) atoms. The van der Waals surface area contributed by atoms with E-state index in [0.29, 0.717) is 25.8 Å². The number of ether oxygens (including phenoxy) is 1. The van der Waals surface area contributed by atoms with Crippen molar-refractivity contribution in [2.45, 2.75) is 4.34 Å². The summed E-state index contributed by atoms with van der Waals surface area (Å²) in [6.07, 6.45) is 0. The molecule has 0 bridgehead atoms. The minimum absolute atomic E-state index is 0.0225. The van der Waals surface area contributed by atoms with E-state index in [1.54, 1.807) is 30.3 Å². The summed E-state index contributed by atoms with van der Waals surface area (Å²) in [5, 5.41) is 16.7. The predicted molar refractivity (Wildman–Crippen MR) is 141 cm³/mol. The van der Waals surface area contributed by atoms with E-state index in [1.807, 2.05) is 12.1 Å². The second-order valence-electron chi connectivity index (χ2n) is 7.07. The molecule has 1 heterocycles. The van der Waals surface area contributed by atoms with Crippen LogP contribution in [0.15, 0.2) is 69.5 Å². The number of thioether (sulfide) groups is 1. The Morgan fingerprint density at radius 1 is 1.14 bits per heavy atom. The van der Waals surface area contributed by atoms with Gasteiger partial charge in [0, 0.05) is 10.2 Å². The highest BCUT2D eigenvalue weighted by Crippen LogP contribution is 2.33. The summed E-state index contributed by atoms with van der Waals surface area (Å²) in [5.74, 6) is -0.288. The van der Waals surface area contributed by atoms with Gasteiger partial charge < -0.3 is 15.4 Å². The molecule has 0 unspecified atom stereocenters. The molecule has 9 nitrogen and oxygen atoms in total. The monoisotopic (exact) mass is 572 g/mol. The van der Waals surface area contributed by atoms with Gasteiger partial charge in [0.25, 0.3) is 11.6 Å². The number of halogens is 1. The Hall–Kier alpha value is -3.48. The van der Waals surface area contributed by atoms with Crippen LogP contribution in [0, 0.1) is 10.1 Å². The minimum atomic E-state index is -0.578. The lowest BCUT2D eigenvalue weighted by molar-refractivity contribution is -0.384. The van der Waals surface area contributed by atoms with Crippen LogP contribution >= 0.6 is 39.0 Å². The number of amides is 2. The Balaban J connectivity index is 1.40. The number of nitrogens with zero attached hydrogens (tertiary/aromatic N) is 2. The third kappa shape index (κ3) is 5.96. The van der Waals surface area contributed by atoms with Crippen LogP contribution in [0.2, 0.25) is 0 Å². The lowest BCUT2D eigenvalue weighted by Gasteiger charge is -2.07. The number of benzene rings is 3. The molecule has 0 spiro atoms. The molecule has 2 N–H and O–H groups in total. The molecule has 4 rings (SSSR count). The van der Waals surface area contributed by atoms with Gasteiger partial charge >= 0.3 is 0 Å². The molecule has 0 saturated heterocycles. The van der Waals surface area contributed by atoms with Gasteiger partial charge in [-0.2, -0.15) is 0 Å². The summed E-state index contributed by atoms with van der Waals surface area (Å²) in [7, 11) is 1.41. The number of nitrogens with one attached hydrogen (secondary N) is 2. The first-order valence-corrected chi connectivity index (χ1v) is 12.6. The van der Waals surface area contributed by atoms with E-state index in [9.17, 15) is 19.7 Å². The van der Waals surface area contributed by atoms with E-state index < -0.39 is 10.8 Å². The third-order valence-corrected chi connectivity index (χ3v) is 7.60. The van der Waals surface area contributed by atoms with Gasteiger partial charge in [0.2, 0.25) is 5.91 Å². The average molecular weight is 573 g/mol. The number of thiazole rings is 1. The fraction of sp³-hybridized carbons (Fsp3) is 0.0870. The molecule has 178 valence electrons. The van der Waals surface area contributed by atoms with Crippen molar-refractivity contribution < 1.29 is 19.2 Å². The first-order chi connectivity index (χ1) is 16.8. The second kappa shape index (κ2) is 10.8. The number of carbonyl (C=O) groups excluding carboxylic acids is 2. The van der Waals surface area contributed by atoms with E-state index in [1.165, 1.54) is 48.4 Å². The lowest BCUT2D eigenvalue weighted by Crippen LogP contribution is -2.15. The highest BCUT2D eigenvalue weighted by atomic mass is 79.9. The summed E-state index contributed by atoms with van der Waals surface area (Å²) in [6.45, 7) is 0. The Labute approximate surface area is 216 Å². The number of rotatable bonds is 8. The van der Waals surface area contributed by atoms with Crippen molar-refractivity contribution in [3.8, 4) is 5.75 Å². The molecule has 0 aliphatic rings. The van der Waals surface area contributed by atoms with E-state index >= 15 is 0 Å². The molecule has 0 aliphatic heterocycles. The van der Waals surface area contributed by atoms with Gasteiger partial charge in [-0.15, -0.1) is 11.3 Å². The van der Waals surface area contributed by atoms with E-state index in [-0.39, 0.29) is 23.0 Å². The molecule has 0 radical (unpaired) electrons. The molecular weight excluding hydrogens is 556 g/mol. The van der Waals surface area contributed by atoms with Crippen LogP contribution in [0.5, 0.6) is 5.75 Å². The van der Waals surface area contributed by atoms with E-state index in [2.05, 4.69) is 31.5 Å². The number of methoxy groups -OCH3 is 1. The van der Waals surface area contributed by atoms with Crippen molar-refractivity contribution in [2.24, 2.45) is 0 Å². The number of fused-ring (bicyclic) bond motifs is 1. The molecule has 4 aromatic rings. The number of hydrogen-bond donors (Lipinski definition) is 2. The maximum absolute atomic E-state index is 12.6. The molecule has 1 aromatic heterocycles. The zero-order valence-electron chi connectivity index (χ0n) is 18.1. The fourth-order valence-electron chi connectivity index (χ4n) is 3.10. The Bertz CT molecular complexity index is 1440. The SMILES string of the molecule is COc1ccc(NC(=O)CSc2nc3ccc(NC(=O)c4ccccc4Br)cc3s2)c([N+](=O)[O-])c1. The van der Waals surface area contributed by atoms with Gasteiger partial charge in [-0.05, 0) is 58.4 Å². The lowest BCUT2D eigenvalue weighted by atomic mass is 10.2. The van der Waals surface area contributed by atoms with Gasteiger partial charge in [0.1, 0.15) is 11.4 Å². The standard InChI is InChI=1S/C23H17BrN4O5S2/c1-33-14-7-9-17(19(11-14)28(31)32)26-21(29)12-34-23-27-18-8-6-13(10-20(18)35-23)25-22(30)15-4-2-3-5-16(15)24/h2-11H,12H2,1H3,(H,25,30)(H,26,29). The van der Waals surface area contributed by atoms with E-state index in [4.69, 9.17) is 4.74 Å². The van der Waals surface area contributed by atoms with Crippen LogP contribution in [0.3, 0.4) is 0 Å². The quantitative estimate of drug-likeness (QED) is 0.152. The van der Waals surface area contributed by atoms with Crippen molar-refractivity contribution in [1.82, 2.24) is 4.98 Å². The maximum atomic E-state index is 12.6. The van der Waals surface area contributed by atoms with Gasteiger partial charge in [-0.25, -0.2) is 4.98 Å². The molecule has 0 fully saturated rings. The number of carbonyl (C=O) groups is 2. The number of hydrogen-bond acceptors (Lipinski definition) is 8. The largest absolute Gasteiger partial charge is 0.496 e. The number of aromatic nitrogens is 1. The summed E-state index contributed by atoms with van der Waals surface area (Å²) in [4.78, 5) is 40.2. The van der Waals surface area contributed by atoms with Crippen molar-refractivity contribution >= 4 is 78.1 Å². The van der Waals surface area contributed by atoms with Crippen LogP contribution in [0.1, 0.15) is 10.4 Å². The van der Waals surface area contributed by atoms with Gasteiger partial charge in [-0.1, -0.05) is 23.9 Å². The van der Waals surface area contributed by atoms with Crippen molar-refractivity contribution in [3.05, 3.63) is 80.8 Å². The van der Waals surface area contributed by atoms with E-state index in [0.717, 1.165) is 10.2 Å². The van der Waals surface area contributed by atoms with Crippen LogP contribution < -0.4 is 15.4 Å². The molecule has 0 atom stereocenters.